The standard InChI is InChI=1S/C15H23N3OS/c1-3-18(12(2)13-5-4-6-16-10-13)15(19)9-14-11-20-8-7-17-14/h4-6,10,12,14,17H,3,7-9,11H2,1-2H3. The number of nitrogens with zero attached hydrogens (tertiary/aromatic N) is 2. The van der Waals surface area contributed by atoms with Gasteiger partial charge in [0, 0.05) is 49.5 Å². The monoisotopic (exact) mass is 293 g/mol. The Morgan fingerprint density at radius 2 is 2.50 bits per heavy atom. The summed E-state index contributed by atoms with van der Waals surface area (Å²) in [6.07, 6.45) is 4.19. The Bertz CT molecular complexity index is 420. The van der Waals surface area contributed by atoms with Crippen LogP contribution in [0.15, 0.2) is 24.5 Å². The molecular formula is C15H23N3OS. The third-order valence-electron chi connectivity index (χ3n) is 3.71. The number of rotatable bonds is 5. The van der Waals surface area contributed by atoms with Gasteiger partial charge in [-0.3, -0.25) is 9.78 Å². The average Bonchev–Trinajstić information content (AvgIpc) is 2.49. The molecule has 0 aliphatic carbocycles. The minimum Gasteiger partial charge on any atom is -0.336 e. The van der Waals surface area contributed by atoms with Gasteiger partial charge in [0.1, 0.15) is 0 Å². The van der Waals surface area contributed by atoms with Crippen LogP contribution >= 0.6 is 11.8 Å². The molecule has 1 amide bonds. The van der Waals surface area contributed by atoms with E-state index in [-0.39, 0.29) is 11.9 Å². The van der Waals surface area contributed by atoms with E-state index in [9.17, 15) is 4.79 Å². The molecule has 1 aliphatic heterocycles. The molecule has 20 heavy (non-hydrogen) atoms. The lowest BCUT2D eigenvalue weighted by atomic mass is 10.1. The van der Waals surface area contributed by atoms with E-state index in [0.717, 1.165) is 30.2 Å². The minimum atomic E-state index is 0.0810. The van der Waals surface area contributed by atoms with Crippen LogP contribution < -0.4 is 5.32 Å². The summed E-state index contributed by atoms with van der Waals surface area (Å²) in [6.45, 7) is 5.84. The summed E-state index contributed by atoms with van der Waals surface area (Å²) in [7, 11) is 0. The molecule has 110 valence electrons. The number of aromatic nitrogens is 1. The van der Waals surface area contributed by atoms with Crippen LogP contribution in [0.5, 0.6) is 0 Å². The van der Waals surface area contributed by atoms with Crippen LogP contribution in [0, 0.1) is 0 Å². The number of amides is 1. The molecule has 1 aliphatic rings. The largest absolute Gasteiger partial charge is 0.336 e. The van der Waals surface area contributed by atoms with E-state index in [0.29, 0.717) is 12.5 Å². The van der Waals surface area contributed by atoms with Gasteiger partial charge in [0.2, 0.25) is 5.91 Å². The molecule has 0 bridgehead atoms. The molecule has 0 saturated carbocycles. The van der Waals surface area contributed by atoms with Crippen molar-refractivity contribution >= 4 is 17.7 Å². The van der Waals surface area contributed by atoms with Crippen molar-refractivity contribution in [1.29, 1.82) is 0 Å². The van der Waals surface area contributed by atoms with Crippen molar-refractivity contribution < 1.29 is 4.79 Å². The van der Waals surface area contributed by atoms with E-state index in [4.69, 9.17) is 0 Å². The zero-order chi connectivity index (χ0) is 14.4. The molecule has 4 nitrogen and oxygen atoms in total. The van der Waals surface area contributed by atoms with Gasteiger partial charge in [-0.05, 0) is 25.5 Å². The highest BCUT2D eigenvalue weighted by molar-refractivity contribution is 7.99. The molecule has 1 aromatic heterocycles. The molecule has 1 saturated heterocycles. The third-order valence-corrected chi connectivity index (χ3v) is 4.85. The first-order valence-electron chi connectivity index (χ1n) is 7.23. The SMILES string of the molecule is CCN(C(=O)CC1CSCCN1)C(C)c1cccnc1. The predicted molar refractivity (Wildman–Crippen MR) is 83.8 cm³/mol. The van der Waals surface area contributed by atoms with Gasteiger partial charge in [-0.25, -0.2) is 0 Å². The van der Waals surface area contributed by atoms with Gasteiger partial charge < -0.3 is 10.2 Å². The highest BCUT2D eigenvalue weighted by Crippen LogP contribution is 2.21. The van der Waals surface area contributed by atoms with E-state index >= 15 is 0 Å². The van der Waals surface area contributed by atoms with Crippen molar-refractivity contribution in [2.24, 2.45) is 0 Å². The zero-order valence-corrected chi connectivity index (χ0v) is 13.0. The summed E-state index contributed by atoms with van der Waals surface area (Å²) < 4.78 is 0. The van der Waals surface area contributed by atoms with Crippen LogP contribution in [0.25, 0.3) is 0 Å². The molecule has 5 heteroatoms. The molecule has 2 unspecified atom stereocenters. The van der Waals surface area contributed by atoms with Crippen LogP contribution in [0.4, 0.5) is 0 Å². The van der Waals surface area contributed by atoms with Gasteiger partial charge in [-0.1, -0.05) is 6.07 Å². The van der Waals surface area contributed by atoms with E-state index < -0.39 is 0 Å². The Hall–Kier alpha value is -1.07. The summed E-state index contributed by atoms with van der Waals surface area (Å²) >= 11 is 1.93. The summed E-state index contributed by atoms with van der Waals surface area (Å²) in [6, 6.07) is 4.35. The number of thioether (sulfide) groups is 1. The van der Waals surface area contributed by atoms with E-state index in [1.54, 1.807) is 6.20 Å². The highest BCUT2D eigenvalue weighted by atomic mass is 32.2. The fourth-order valence-corrected chi connectivity index (χ4v) is 3.50. The molecule has 1 N–H and O–H groups in total. The molecule has 0 aromatic carbocycles. The summed E-state index contributed by atoms with van der Waals surface area (Å²) in [5.41, 5.74) is 1.09. The highest BCUT2D eigenvalue weighted by Gasteiger charge is 2.24. The van der Waals surface area contributed by atoms with E-state index in [1.807, 2.05) is 41.9 Å². The predicted octanol–water partition coefficient (Wildman–Crippen LogP) is 2.09. The molecular weight excluding hydrogens is 270 g/mol. The lowest BCUT2D eigenvalue weighted by Crippen LogP contribution is -2.43. The first kappa shape index (κ1) is 15.3. The lowest BCUT2D eigenvalue weighted by molar-refractivity contribution is -0.133. The molecule has 2 heterocycles. The Labute approximate surface area is 125 Å². The number of nitrogens with one attached hydrogen (secondary N) is 1. The van der Waals surface area contributed by atoms with Crippen molar-refractivity contribution in [3.05, 3.63) is 30.1 Å². The Balaban J connectivity index is 1.97. The van der Waals surface area contributed by atoms with Crippen molar-refractivity contribution in [2.75, 3.05) is 24.6 Å². The molecule has 0 radical (unpaired) electrons. The molecule has 2 atom stereocenters. The normalized spacial score (nSPS) is 20.4. The fraction of sp³-hybridized carbons (Fsp3) is 0.600. The van der Waals surface area contributed by atoms with Crippen LogP contribution in [0.2, 0.25) is 0 Å². The van der Waals surface area contributed by atoms with Crippen LogP contribution in [-0.4, -0.2) is 46.4 Å². The van der Waals surface area contributed by atoms with Gasteiger partial charge in [-0.15, -0.1) is 0 Å². The van der Waals surface area contributed by atoms with Gasteiger partial charge in [0.15, 0.2) is 0 Å². The van der Waals surface area contributed by atoms with E-state index in [2.05, 4.69) is 17.2 Å². The van der Waals surface area contributed by atoms with Crippen molar-refractivity contribution in [3.8, 4) is 0 Å². The zero-order valence-electron chi connectivity index (χ0n) is 12.2. The first-order valence-corrected chi connectivity index (χ1v) is 8.38. The van der Waals surface area contributed by atoms with Gasteiger partial charge in [0.05, 0.1) is 6.04 Å². The Kier molecular flexibility index (Phi) is 5.86. The summed E-state index contributed by atoms with van der Waals surface area (Å²) in [5, 5.41) is 3.43. The average molecular weight is 293 g/mol. The van der Waals surface area contributed by atoms with Crippen molar-refractivity contribution in [2.45, 2.75) is 32.4 Å². The molecule has 2 rings (SSSR count). The first-order chi connectivity index (χ1) is 9.72. The number of carbonyl (C=O) groups is 1. The third kappa shape index (κ3) is 3.96. The topological polar surface area (TPSA) is 45.2 Å². The van der Waals surface area contributed by atoms with Crippen LogP contribution in [0.1, 0.15) is 31.9 Å². The second-order valence-corrected chi connectivity index (χ2v) is 6.22. The Morgan fingerprint density at radius 1 is 1.65 bits per heavy atom. The van der Waals surface area contributed by atoms with Crippen LogP contribution in [-0.2, 0) is 4.79 Å². The van der Waals surface area contributed by atoms with Gasteiger partial charge in [0.25, 0.3) is 0 Å². The van der Waals surface area contributed by atoms with Gasteiger partial charge in [-0.2, -0.15) is 11.8 Å². The molecule has 1 fully saturated rings. The maximum atomic E-state index is 12.5. The second-order valence-electron chi connectivity index (χ2n) is 5.07. The number of carbonyl (C=O) groups excluding carboxylic acids is 1. The summed E-state index contributed by atoms with van der Waals surface area (Å²) in [5.74, 6) is 2.41. The van der Waals surface area contributed by atoms with Crippen molar-refractivity contribution in [3.63, 3.8) is 0 Å². The number of pyridine rings is 1. The Morgan fingerprint density at radius 3 is 3.10 bits per heavy atom. The fourth-order valence-electron chi connectivity index (χ4n) is 2.55. The number of hydrogen-bond donors (Lipinski definition) is 1. The number of hydrogen-bond acceptors (Lipinski definition) is 4. The van der Waals surface area contributed by atoms with Crippen molar-refractivity contribution in [1.82, 2.24) is 15.2 Å². The molecule has 1 aromatic rings. The maximum Gasteiger partial charge on any atom is 0.224 e. The lowest BCUT2D eigenvalue weighted by Gasteiger charge is -2.31. The van der Waals surface area contributed by atoms with E-state index in [1.165, 1.54) is 0 Å². The van der Waals surface area contributed by atoms with Crippen LogP contribution in [0.3, 0.4) is 0 Å². The smallest absolute Gasteiger partial charge is 0.224 e. The molecule has 0 spiro atoms. The maximum absolute atomic E-state index is 12.5. The second kappa shape index (κ2) is 7.64. The van der Waals surface area contributed by atoms with Gasteiger partial charge >= 0.3 is 0 Å². The summed E-state index contributed by atoms with van der Waals surface area (Å²) in [4.78, 5) is 18.6. The minimum absolute atomic E-state index is 0.0810. The quantitative estimate of drug-likeness (QED) is 0.903.